The Morgan fingerprint density at radius 1 is 0.403 bits per heavy atom. The minimum Gasteiger partial charge on any atom is -0.309 e. The van der Waals surface area contributed by atoms with E-state index < -0.39 is 0 Å². The number of hydrogen-bond acceptors (Lipinski definition) is 1. The molecule has 0 atom stereocenters. The third kappa shape index (κ3) is 6.55. The van der Waals surface area contributed by atoms with E-state index in [1.54, 1.807) is 0 Å². The van der Waals surface area contributed by atoms with Crippen molar-refractivity contribution in [2.75, 3.05) is 0 Å². The third-order valence-electron chi connectivity index (χ3n) is 12.0. The molecule has 0 saturated carbocycles. The average Bonchev–Trinajstić information content (AvgIpc) is 3.68. The molecule has 11 rings (SSSR count). The Kier molecular flexibility index (Phi) is 9.36. The minimum atomic E-state index is 0.441. The molecule has 0 unspecified atom stereocenters. The molecule has 0 aliphatic carbocycles. The third-order valence-corrected chi connectivity index (χ3v) is 12.0. The van der Waals surface area contributed by atoms with Crippen LogP contribution >= 0.6 is 0 Å². The van der Waals surface area contributed by atoms with Crippen LogP contribution in [0.3, 0.4) is 0 Å². The molecule has 0 radical (unpaired) electrons. The van der Waals surface area contributed by atoms with Crippen LogP contribution in [0.1, 0.15) is 16.7 Å². The van der Waals surface area contributed by atoms with Crippen molar-refractivity contribution in [1.82, 2.24) is 4.57 Å². The Labute approximate surface area is 360 Å². The van der Waals surface area contributed by atoms with Crippen molar-refractivity contribution in [3.8, 4) is 27.9 Å². The maximum atomic E-state index is 5.38. The molecule has 292 valence electrons. The van der Waals surface area contributed by atoms with E-state index in [9.17, 15) is 0 Å². The van der Waals surface area contributed by atoms with Gasteiger partial charge in [0.2, 0.25) is 0 Å². The van der Waals surface area contributed by atoms with Crippen molar-refractivity contribution in [2.24, 2.45) is 15.0 Å². The predicted molar refractivity (Wildman–Crippen MR) is 263 cm³/mol. The van der Waals surface area contributed by atoms with E-state index in [2.05, 4.69) is 198 Å². The van der Waals surface area contributed by atoms with Crippen molar-refractivity contribution in [1.29, 1.82) is 0 Å². The number of nitrogens with zero attached hydrogens (tertiary/aromatic N) is 4. The molecule has 0 amide bonds. The summed E-state index contributed by atoms with van der Waals surface area (Å²) in [6, 6.07) is 77.5. The van der Waals surface area contributed by atoms with Gasteiger partial charge in [0.05, 0.1) is 17.6 Å². The van der Waals surface area contributed by atoms with Gasteiger partial charge in [-0.3, -0.25) is 4.99 Å². The fourth-order valence-electron chi connectivity index (χ4n) is 9.05. The Balaban J connectivity index is 1.26. The first-order chi connectivity index (χ1) is 30.7. The molecular formula is C58H40N4. The van der Waals surface area contributed by atoms with Gasteiger partial charge in [0.1, 0.15) is 0 Å². The molecule has 0 saturated heterocycles. The normalized spacial score (nSPS) is 12.2. The fourth-order valence-corrected chi connectivity index (χ4v) is 9.05. The summed E-state index contributed by atoms with van der Waals surface area (Å²) in [5.74, 6) is 1.10. The SMILES string of the molecule is C=N/C(=N\C(=N/Cc1ccccc1)c1cc(-n2c3ccc(-c4ccccc4)cc3c3cc(-c4ccccc4)ccc32)cc2c3ccccc3c3ccccc3c12)c1ccccc1. The predicted octanol–water partition coefficient (Wildman–Crippen LogP) is 14.7. The Morgan fingerprint density at radius 2 is 0.887 bits per heavy atom. The molecule has 4 nitrogen and oxygen atoms in total. The number of fused-ring (bicyclic) bond motifs is 9. The van der Waals surface area contributed by atoms with Gasteiger partial charge in [-0.2, -0.15) is 0 Å². The van der Waals surface area contributed by atoms with Crippen LogP contribution < -0.4 is 0 Å². The highest BCUT2D eigenvalue weighted by atomic mass is 15.0. The molecule has 0 spiro atoms. The molecule has 0 aliphatic rings. The van der Waals surface area contributed by atoms with Crippen LogP contribution in [0.25, 0.3) is 82.1 Å². The van der Waals surface area contributed by atoms with Crippen LogP contribution in [0.15, 0.2) is 233 Å². The van der Waals surface area contributed by atoms with Crippen LogP contribution in [-0.4, -0.2) is 23.0 Å². The molecule has 0 N–H and O–H groups in total. The van der Waals surface area contributed by atoms with Gasteiger partial charge in [-0.15, -0.1) is 0 Å². The van der Waals surface area contributed by atoms with E-state index >= 15 is 0 Å². The number of hydrogen-bond donors (Lipinski definition) is 0. The van der Waals surface area contributed by atoms with E-state index in [0.717, 1.165) is 49.6 Å². The Hall–Kier alpha value is -8.21. The summed E-state index contributed by atoms with van der Waals surface area (Å²) in [6.07, 6.45) is 0. The van der Waals surface area contributed by atoms with Gasteiger partial charge in [0.25, 0.3) is 0 Å². The first kappa shape index (κ1) is 36.8. The van der Waals surface area contributed by atoms with Gasteiger partial charge in [0, 0.05) is 33.0 Å². The zero-order valence-corrected chi connectivity index (χ0v) is 34.0. The van der Waals surface area contributed by atoms with Gasteiger partial charge in [-0.1, -0.05) is 182 Å². The highest BCUT2D eigenvalue weighted by Gasteiger charge is 2.21. The summed E-state index contributed by atoms with van der Waals surface area (Å²) in [5, 5.41) is 9.27. The summed E-state index contributed by atoms with van der Waals surface area (Å²) >= 11 is 0. The van der Waals surface area contributed by atoms with Crippen LogP contribution in [0.4, 0.5) is 0 Å². The summed E-state index contributed by atoms with van der Waals surface area (Å²) in [6.45, 7) is 4.44. The van der Waals surface area contributed by atoms with Crippen molar-refractivity contribution in [2.45, 2.75) is 6.54 Å². The Morgan fingerprint density at radius 3 is 1.45 bits per heavy atom. The maximum Gasteiger partial charge on any atom is 0.161 e. The van der Waals surface area contributed by atoms with E-state index in [1.165, 1.54) is 49.2 Å². The smallest absolute Gasteiger partial charge is 0.161 e. The molecule has 4 heteroatoms. The second-order valence-corrected chi connectivity index (χ2v) is 15.6. The number of amidine groups is 2. The largest absolute Gasteiger partial charge is 0.309 e. The summed E-state index contributed by atoms with van der Waals surface area (Å²) in [5.41, 5.74) is 10.8. The van der Waals surface area contributed by atoms with Crippen LogP contribution in [0, 0.1) is 0 Å². The van der Waals surface area contributed by atoms with Crippen molar-refractivity contribution >= 4 is 72.5 Å². The minimum absolute atomic E-state index is 0.441. The highest BCUT2D eigenvalue weighted by Crippen LogP contribution is 2.42. The molecular weight excluding hydrogens is 753 g/mol. The second-order valence-electron chi connectivity index (χ2n) is 15.6. The highest BCUT2D eigenvalue weighted by molar-refractivity contribution is 6.31. The van der Waals surface area contributed by atoms with Crippen molar-refractivity contribution in [3.05, 3.63) is 235 Å². The van der Waals surface area contributed by atoms with Crippen molar-refractivity contribution in [3.63, 3.8) is 0 Å². The zero-order valence-electron chi connectivity index (χ0n) is 34.0. The van der Waals surface area contributed by atoms with Gasteiger partial charge in [-0.25, -0.2) is 9.98 Å². The topological polar surface area (TPSA) is 42.0 Å². The molecule has 0 aliphatic heterocycles. The molecule has 10 aromatic carbocycles. The molecule has 11 aromatic rings. The Bertz CT molecular complexity index is 3430. The quantitative estimate of drug-likeness (QED) is 0.0876. The molecule has 0 fully saturated rings. The van der Waals surface area contributed by atoms with Crippen LogP contribution in [0.5, 0.6) is 0 Å². The van der Waals surface area contributed by atoms with E-state index in [-0.39, 0.29) is 0 Å². The molecule has 1 aromatic heterocycles. The average molecular weight is 793 g/mol. The van der Waals surface area contributed by atoms with Gasteiger partial charge in [0.15, 0.2) is 11.7 Å². The number of rotatable bonds is 7. The first-order valence-electron chi connectivity index (χ1n) is 21.0. The number of benzene rings is 10. The standard InChI is InChI=1S/C58H40N4/c1-59-57(42-24-12-5-13-25-42)61-58(60-38-39-18-6-2-7-19-39)53-37-45(36-52-48-28-15-14-26-46(48)47-27-16-17-29-49(47)56(52)53)62-54-32-30-43(40-20-8-3-9-21-40)34-50(54)51-35-44(31-33-55(51)62)41-22-10-4-11-23-41/h2-37H,1,38H2/b60-58-,61-57-. The van der Waals surface area contributed by atoms with Crippen LogP contribution in [-0.2, 0) is 6.54 Å². The fraction of sp³-hybridized carbons (Fsp3) is 0.0172. The lowest BCUT2D eigenvalue weighted by Crippen LogP contribution is -2.08. The summed E-state index contributed by atoms with van der Waals surface area (Å²) < 4.78 is 2.42. The maximum absolute atomic E-state index is 5.38. The lowest BCUT2D eigenvalue weighted by molar-refractivity contribution is 1.06. The van der Waals surface area contributed by atoms with E-state index in [1.807, 2.05) is 36.4 Å². The van der Waals surface area contributed by atoms with E-state index in [4.69, 9.17) is 9.98 Å². The second kappa shape index (κ2) is 15.8. The number of aromatic nitrogens is 1. The lowest BCUT2D eigenvalue weighted by atomic mass is 9.90. The summed E-state index contributed by atoms with van der Waals surface area (Å²) in [7, 11) is 0. The first-order valence-corrected chi connectivity index (χ1v) is 21.0. The van der Waals surface area contributed by atoms with Crippen LogP contribution in [0.2, 0.25) is 0 Å². The molecule has 0 bridgehead atoms. The monoisotopic (exact) mass is 792 g/mol. The summed E-state index contributed by atoms with van der Waals surface area (Å²) in [4.78, 5) is 15.2. The molecule has 62 heavy (non-hydrogen) atoms. The lowest BCUT2D eigenvalue weighted by Gasteiger charge is -2.18. The van der Waals surface area contributed by atoms with Gasteiger partial charge in [-0.05, 0) is 97.9 Å². The van der Waals surface area contributed by atoms with Crippen molar-refractivity contribution < 1.29 is 0 Å². The van der Waals surface area contributed by atoms with Gasteiger partial charge < -0.3 is 4.57 Å². The number of aliphatic imine (C=N–C) groups is 3. The van der Waals surface area contributed by atoms with Gasteiger partial charge >= 0.3 is 0 Å². The molecule has 1 heterocycles. The zero-order chi connectivity index (χ0) is 41.4. The van der Waals surface area contributed by atoms with E-state index in [0.29, 0.717) is 18.2 Å².